The van der Waals surface area contributed by atoms with E-state index in [0.717, 1.165) is 21.0 Å². The van der Waals surface area contributed by atoms with E-state index >= 15 is 0 Å². The van der Waals surface area contributed by atoms with E-state index in [2.05, 4.69) is 45.3 Å². The summed E-state index contributed by atoms with van der Waals surface area (Å²) in [5.41, 5.74) is 1.17. The fourth-order valence-corrected chi connectivity index (χ4v) is 4.27. The van der Waals surface area contributed by atoms with Crippen molar-refractivity contribution in [2.24, 2.45) is 0 Å². The highest BCUT2D eigenvalue weighted by molar-refractivity contribution is 9.10. The normalized spacial score (nSPS) is 15.8. The number of halogens is 1. The molecule has 20 heavy (non-hydrogen) atoms. The Balaban J connectivity index is 2.09. The molecule has 1 fully saturated rings. The van der Waals surface area contributed by atoms with Crippen LogP contribution < -0.4 is 5.32 Å². The fraction of sp³-hybridized carbons (Fsp3) is 0.467. The lowest BCUT2D eigenvalue weighted by atomic mass is 10.0. The van der Waals surface area contributed by atoms with E-state index in [1.807, 2.05) is 7.05 Å². The molecular formula is C15H18BrN3S. The number of nitrogens with one attached hydrogen (secondary N) is 1. The van der Waals surface area contributed by atoms with E-state index in [1.54, 1.807) is 11.3 Å². The first-order valence-electron chi connectivity index (χ1n) is 7.01. The Morgan fingerprint density at radius 1 is 1.25 bits per heavy atom. The molecule has 0 unspecified atom stereocenters. The minimum absolute atomic E-state index is 0.569. The van der Waals surface area contributed by atoms with E-state index < -0.39 is 0 Å². The van der Waals surface area contributed by atoms with Gasteiger partial charge < -0.3 is 5.32 Å². The Morgan fingerprint density at radius 2 is 2.00 bits per heavy atom. The standard InChI is InChI=1S/C15H18BrN3S/c1-9-7-8-11(20-9)14-18-13(10-5-3-4-6-10)12(16)15(17-2)19-14/h7-8,10H,3-6H2,1-2H3,(H,17,18,19). The minimum Gasteiger partial charge on any atom is -0.372 e. The van der Waals surface area contributed by atoms with Gasteiger partial charge in [-0.3, -0.25) is 0 Å². The maximum atomic E-state index is 4.86. The Bertz CT molecular complexity index is 618. The van der Waals surface area contributed by atoms with Gasteiger partial charge in [0.2, 0.25) is 0 Å². The smallest absolute Gasteiger partial charge is 0.171 e. The van der Waals surface area contributed by atoms with Crippen LogP contribution in [0.1, 0.15) is 42.2 Å². The van der Waals surface area contributed by atoms with Gasteiger partial charge in [-0.2, -0.15) is 0 Å². The third-order valence-corrected chi connectivity index (χ3v) is 5.59. The van der Waals surface area contributed by atoms with Crippen molar-refractivity contribution in [1.82, 2.24) is 9.97 Å². The SMILES string of the molecule is CNc1nc(-c2ccc(C)s2)nc(C2CCCC2)c1Br. The van der Waals surface area contributed by atoms with Crippen molar-refractivity contribution in [3.63, 3.8) is 0 Å². The molecule has 2 aromatic rings. The first kappa shape index (κ1) is 14.0. The van der Waals surface area contributed by atoms with Gasteiger partial charge in [0.25, 0.3) is 0 Å². The molecule has 1 saturated carbocycles. The largest absolute Gasteiger partial charge is 0.372 e. The zero-order valence-electron chi connectivity index (χ0n) is 11.7. The molecule has 0 radical (unpaired) electrons. The molecule has 1 aliphatic rings. The van der Waals surface area contributed by atoms with Crippen molar-refractivity contribution in [2.45, 2.75) is 38.5 Å². The van der Waals surface area contributed by atoms with E-state index in [9.17, 15) is 0 Å². The second-order valence-corrected chi connectivity index (χ2v) is 7.32. The lowest BCUT2D eigenvalue weighted by Crippen LogP contribution is -2.05. The zero-order chi connectivity index (χ0) is 14.1. The molecule has 1 aliphatic carbocycles. The van der Waals surface area contributed by atoms with Gasteiger partial charge in [-0.1, -0.05) is 12.8 Å². The quantitative estimate of drug-likeness (QED) is 0.847. The molecule has 0 saturated heterocycles. The summed E-state index contributed by atoms with van der Waals surface area (Å²) in [6.07, 6.45) is 5.09. The van der Waals surface area contributed by atoms with Gasteiger partial charge in [0.15, 0.2) is 5.82 Å². The average molecular weight is 352 g/mol. The molecule has 0 amide bonds. The third-order valence-electron chi connectivity index (χ3n) is 3.82. The maximum absolute atomic E-state index is 4.86. The molecule has 3 nitrogen and oxygen atoms in total. The number of aromatic nitrogens is 2. The summed E-state index contributed by atoms with van der Waals surface area (Å²) in [4.78, 5) is 11.9. The van der Waals surface area contributed by atoms with Crippen LogP contribution in [0, 0.1) is 6.92 Å². The van der Waals surface area contributed by atoms with Crippen molar-refractivity contribution >= 4 is 33.1 Å². The number of hydrogen-bond acceptors (Lipinski definition) is 4. The van der Waals surface area contributed by atoms with Gasteiger partial charge in [-0.05, 0) is 47.8 Å². The predicted octanol–water partition coefficient (Wildman–Crippen LogP) is 4.98. The molecule has 0 atom stereocenters. The van der Waals surface area contributed by atoms with E-state index in [4.69, 9.17) is 4.98 Å². The number of thiophene rings is 1. The van der Waals surface area contributed by atoms with Gasteiger partial charge in [-0.25, -0.2) is 9.97 Å². The first-order valence-corrected chi connectivity index (χ1v) is 8.62. The lowest BCUT2D eigenvalue weighted by molar-refractivity contribution is 0.691. The minimum atomic E-state index is 0.569. The summed E-state index contributed by atoms with van der Waals surface area (Å²) >= 11 is 5.43. The predicted molar refractivity (Wildman–Crippen MR) is 88.5 cm³/mol. The van der Waals surface area contributed by atoms with Gasteiger partial charge in [0, 0.05) is 17.8 Å². The lowest BCUT2D eigenvalue weighted by Gasteiger charge is -2.15. The second-order valence-electron chi connectivity index (χ2n) is 5.24. The molecule has 3 rings (SSSR count). The topological polar surface area (TPSA) is 37.8 Å². The molecule has 0 aliphatic heterocycles. The molecular weight excluding hydrogens is 334 g/mol. The molecule has 2 aromatic heterocycles. The van der Waals surface area contributed by atoms with Crippen LogP contribution in [0.4, 0.5) is 5.82 Å². The summed E-state index contributed by atoms with van der Waals surface area (Å²) in [6, 6.07) is 4.24. The van der Waals surface area contributed by atoms with E-state index in [0.29, 0.717) is 5.92 Å². The Labute approximate surface area is 132 Å². The van der Waals surface area contributed by atoms with Gasteiger partial charge >= 0.3 is 0 Å². The van der Waals surface area contributed by atoms with Gasteiger partial charge in [-0.15, -0.1) is 11.3 Å². The monoisotopic (exact) mass is 351 g/mol. The first-order chi connectivity index (χ1) is 9.69. The van der Waals surface area contributed by atoms with E-state index in [1.165, 1.54) is 36.3 Å². The summed E-state index contributed by atoms with van der Waals surface area (Å²) in [7, 11) is 1.91. The maximum Gasteiger partial charge on any atom is 0.171 e. The Morgan fingerprint density at radius 3 is 2.60 bits per heavy atom. The van der Waals surface area contributed by atoms with E-state index in [-0.39, 0.29) is 0 Å². The number of hydrogen-bond donors (Lipinski definition) is 1. The molecule has 0 aromatic carbocycles. The van der Waals surface area contributed by atoms with Crippen LogP contribution in [-0.2, 0) is 0 Å². The van der Waals surface area contributed by atoms with Crippen LogP contribution in [-0.4, -0.2) is 17.0 Å². The van der Waals surface area contributed by atoms with Crippen LogP contribution in [0.25, 0.3) is 10.7 Å². The molecule has 2 heterocycles. The van der Waals surface area contributed by atoms with Crippen LogP contribution in [0.5, 0.6) is 0 Å². The Kier molecular flexibility index (Phi) is 4.08. The summed E-state index contributed by atoms with van der Waals surface area (Å²) in [6.45, 7) is 2.11. The highest BCUT2D eigenvalue weighted by Gasteiger charge is 2.24. The number of aryl methyl sites for hydroxylation is 1. The molecule has 106 valence electrons. The van der Waals surface area contributed by atoms with Crippen molar-refractivity contribution in [1.29, 1.82) is 0 Å². The van der Waals surface area contributed by atoms with Crippen LogP contribution in [0.3, 0.4) is 0 Å². The van der Waals surface area contributed by atoms with Crippen LogP contribution in [0.2, 0.25) is 0 Å². The third kappa shape index (κ3) is 2.61. The zero-order valence-corrected chi connectivity index (χ0v) is 14.1. The number of anilines is 1. The fourth-order valence-electron chi connectivity index (χ4n) is 2.76. The van der Waals surface area contributed by atoms with Crippen molar-refractivity contribution < 1.29 is 0 Å². The van der Waals surface area contributed by atoms with Crippen molar-refractivity contribution in [3.8, 4) is 10.7 Å². The summed E-state index contributed by atoms with van der Waals surface area (Å²) < 4.78 is 1.03. The van der Waals surface area contributed by atoms with Crippen LogP contribution >= 0.6 is 27.3 Å². The van der Waals surface area contributed by atoms with Gasteiger partial charge in [0.05, 0.1) is 15.0 Å². The van der Waals surface area contributed by atoms with Crippen LogP contribution in [0.15, 0.2) is 16.6 Å². The summed E-state index contributed by atoms with van der Waals surface area (Å²) in [5, 5.41) is 3.18. The molecule has 1 N–H and O–H groups in total. The summed E-state index contributed by atoms with van der Waals surface area (Å²) in [5.74, 6) is 2.31. The average Bonchev–Trinajstić information content (AvgIpc) is 3.10. The van der Waals surface area contributed by atoms with Gasteiger partial charge in [0.1, 0.15) is 5.82 Å². The second kappa shape index (κ2) is 5.82. The molecule has 0 bridgehead atoms. The van der Waals surface area contributed by atoms with Crippen molar-refractivity contribution in [3.05, 3.63) is 27.2 Å². The van der Waals surface area contributed by atoms with Crippen molar-refractivity contribution in [2.75, 3.05) is 12.4 Å². The molecule has 5 heteroatoms. The number of nitrogens with zero attached hydrogens (tertiary/aromatic N) is 2. The molecule has 0 spiro atoms. The highest BCUT2D eigenvalue weighted by Crippen LogP contribution is 2.40. The highest BCUT2D eigenvalue weighted by atomic mass is 79.9. The number of rotatable bonds is 3. The Hall–Kier alpha value is -0.940.